The second-order valence-electron chi connectivity index (χ2n) is 6.45. The number of carbonyl (C=O) groups is 1. The number of benzene rings is 1. The first-order chi connectivity index (χ1) is 14.9. The lowest BCUT2D eigenvalue weighted by atomic mass is 10.1. The quantitative estimate of drug-likeness (QED) is 0.513. The molecule has 31 heavy (non-hydrogen) atoms. The summed E-state index contributed by atoms with van der Waals surface area (Å²) in [6.45, 7) is 13.3. The van der Waals surface area contributed by atoms with E-state index >= 15 is 0 Å². The van der Waals surface area contributed by atoms with Gasteiger partial charge in [-0.2, -0.15) is 4.98 Å². The van der Waals surface area contributed by atoms with Gasteiger partial charge in [0, 0.05) is 30.8 Å². The molecule has 0 aliphatic carbocycles. The highest BCUT2D eigenvalue weighted by molar-refractivity contribution is 5.91. The van der Waals surface area contributed by atoms with Crippen LogP contribution < -0.4 is 10.6 Å². The van der Waals surface area contributed by atoms with Crippen LogP contribution in [0.1, 0.15) is 52.2 Å². The molecule has 0 aliphatic heterocycles. The fourth-order valence-corrected chi connectivity index (χ4v) is 2.75. The highest BCUT2D eigenvalue weighted by Crippen LogP contribution is 2.20. The normalized spacial score (nSPS) is 10.7. The van der Waals surface area contributed by atoms with Crippen molar-refractivity contribution in [3.63, 3.8) is 0 Å². The van der Waals surface area contributed by atoms with Crippen LogP contribution in [-0.4, -0.2) is 47.0 Å². The number of halogens is 2. The van der Waals surface area contributed by atoms with Crippen molar-refractivity contribution in [3.05, 3.63) is 47.2 Å². The van der Waals surface area contributed by atoms with Gasteiger partial charge in [0.1, 0.15) is 17.5 Å². The highest BCUT2D eigenvalue weighted by atomic mass is 19.1. The van der Waals surface area contributed by atoms with Crippen molar-refractivity contribution in [1.29, 1.82) is 0 Å². The monoisotopic (exact) mass is 433 g/mol. The van der Waals surface area contributed by atoms with Gasteiger partial charge in [-0.25, -0.2) is 13.8 Å². The number of hydrogen-bond donors (Lipinski definition) is 2. The molecule has 0 saturated heterocycles. The maximum absolute atomic E-state index is 13.8. The van der Waals surface area contributed by atoms with E-state index < -0.39 is 11.6 Å². The third-order valence-corrected chi connectivity index (χ3v) is 4.37. The Balaban J connectivity index is 0.00000233. The van der Waals surface area contributed by atoms with Crippen molar-refractivity contribution in [1.82, 2.24) is 14.9 Å². The lowest BCUT2D eigenvalue weighted by Gasteiger charge is -2.17. The molecule has 1 heterocycles. The molecule has 170 valence electrons. The van der Waals surface area contributed by atoms with Gasteiger partial charge in [0.2, 0.25) is 11.9 Å². The first kappa shape index (κ1) is 26.2. The summed E-state index contributed by atoms with van der Waals surface area (Å²) in [4.78, 5) is 22.4. The molecule has 0 aliphatic rings. The molecule has 8 heteroatoms. The van der Waals surface area contributed by atoms with E-state index in [-0.39, 0.29) is 17.3 Å². The summed E-state index contributed by atoms with van der Waals surface area (Å²) in [7, 11) is 0. The number of aromatic nitrogens is 2. The lowest BCUT2D eigenvalue weighted by molar-refractivity contribution is -0.114. The van der Waals surface area contributed by atoms with Crippen LogP contribution in [0, 0.1) is 11.6 Å². The summed E-state index contributed by atoms with van der Waals surface area (Å²) in [6, 6.07) is 3.66. The second-order valence-corrected chi connectivity index (χ2v) is 6.45. The molecule has 6 nitrogen and oxygen atoms in total. The second kappa shape index (κ2) is 14.2. The zero-order valence-corrected chi connectivity index (χ0v) is 19.0. The average Bonchev–Trinajstić information content (AvgIpc) is 2.75. The molecule has 0 bridgehead atoms. The molecular formula is C23H33F2N5O. The largest absolute Gasteiger partial charge is 0.354 e. The van der Waals surface area contributed by atoms with Crippen LogP contribution in [0.3, 0.4) is 0 Å². The Morgan fingerprint density at radius 1 is 1.13 bits per heavy atom. The summed E-state index contributed by atoms with van der Waals surface area (Å²) >= 11 is 0. The maximum atomic E-state index is 13.8. The Labute approximate surface area is 183 Å². The van der Waals surface area contributed by atoms with Gasteiger partial charge >= 0.3 is 0 Å². The van der Waals surface area contributed by atoms with E-state index in [1.54, 1.807) is 0 Å². The van der Waals surface area contributed by atoms with Crippen LogP contribution in [0.4, 0.5) is 20.5 Å². The van der Waals surface area contributed by atoms with Crippen molar-refractivity contribution in [2.75, 3.05) is 36.8 Å². The number of anilines is 2. The van der Waals surface area contributed by atoms with Gasteiger partial charge in [0.25, 0.3) is 0 Å². The maximum Gasteiger partial charge on any atom is 0.224 e. The van der Waals surface area contributed by atoms with E-state index in [1.807, 2.05) is 13.8 Å². The fraction of sp³-hybridized carbons (Fsp3) is 0.435. The first-order valence-electron chi connectivity index (χ1n) is 10.7. The van der Waals surface area contributed by atoms with Gasteiger partial charge in [0.15, 0.2) is 0 Å². The van der Waals surface area contributed by atoms with Crippen molar-refractivity contribution in [2.24, 2.45) is 0 Å². The molecule has 0 atom stereocenters. The van der Waals surface area contributed by atoms with E-state index in [0.717, 1.165) is 26.1 Å². The minimum absolute atomic E-state index is 0.167. The minimum Gasteiger partial charge on any atom is -0.354 e. The Hall–Kier alpha value is -2.87. The van der Waals surface area contributed by atoms with Crippen LogP contribution in [0.2, 0.25) is 0 Å². The van der Waals surface area contributed by atoms with Gasteiger partial charge in [0.05, 0.1) is 0 Å². The molecule has 1 aromatic carbocycles. The third-order valence-electron chi connectivity index (χ3n) is 4.37. The zero-order valence-electron chi connectivity index (χ0n) is 19.0. The molecular weight excluding hydrogens is 400 g/mol. The van der Waals surface area contributed by atoms with Crippen molar-refractivity contribution < 1.29 is 13.6 Å². The van der Waals surface area contributed by atoms with E-state index in [0.29, 0.717) is 18.1 Å². The van der Waals surface area contributed by atoms with Crippen molar-refractivity contribution >= 4 is 29.8 Å². The predicted octanol–water partition coefficient (Wildman–Crippen LogP) is 5.05. The SMILES string of the molecule is CC.CCN(CC)CCCNc1ncc(/C=C\c2c(F)cccc2F)c(NC(C)=O)n1. The van der Waals surface area contributed by atoms with Gasteiger partial charge in [-0.1, -0.05) is 33.8 Å². The zero-order chi connectivity index (χ0) is 23.2. The van der Waals surface area contributed by atoms with E-state index in [4.69, 9.17) is 0 Å². The van der Waals surface area contributed by atoms with E-state index in [2.05, 4.69) is 39.3 Å². The summed E-state index contributed by atoms with van der Waals surface area (Å²) in [5.41, 5.74) is 0.274. The average molecular weight is 434 g/mol. The highest BCUT2D eigenvalue weighted by Gasteiger charge is 2.09. The number of rotatable bonds is 10. The Morgan fingerprint density at radius 2 is 1.77 bits per heavy atom. The van der Waals surface area contributed by atoms with Gasteiger partial charge in [-0.3, -0.25) is 4.79 Å². The summed E-state index contributed by atoms with van der Waals surface area (Å²) in [5.74, 6) is -0.998. The molecule has 1 aromatic heterocycles. The smallest absolute Gasteiger partial charge is 0.224 e. The molecule has 2 N–H and O–H groups in total. The molecule has 0 radical (unpaired) electrons. The summed E-state index contributed by atoms with van der Waals surface area (Å²) < 4.78 is 27.6. The Bertz CT molecular complexity index is 834. The van der Waals surface area contributed by atoms with Gasteiger partial charge in [-0.15, -0.1) is 0 Å². The van der Waals surface area contributed by atoms with Crippen LogP contribution in [0.25, 0.3) is 12.2 Å². The number of nitrogens with zero attached hydrogens (tertiary/aromatic N) is 3. The van der Waals surface area contributed by atoms with Crippen molar-refractivity contribution in [3.8, 4) is 0 Å². The van der Waals surface area contributed by atoms with Crippen molar-refractivity contribution in [2.45, 2.75) is 41.0 Å². The molecule has 2 aromatic rings. The third kappa shape index (κ3) is 8.80. The summed E-state index contributed by atoms with van der Waals surface area (Å²) in [6.07, 6.45) is 5.19. The lowest BCUT2D eigenvalue weighted by Crippen LogP contribution is -2.25. The number of nitrogens with one attached hydrogen (secondary N) is 2. The van der Waals surface area contributed by atoms with Crippen LogP contribution in [0.15, 0.2) is 24.4 Å². The number of carbonyl (C=O) groups excluding carboxylic acids is 1. The fourth-order valence-electron chi connectivity index (χ4n) is 2.75. The molecule has 0 saturated carbocycles. The van der Waals surface area contributed by atoms with Crippen LogP contribution in [-0.2, 0) is 4.79 Å². The van der Waals surface area contributed by atoms with Gasteiger partial charge in [-0.05, 0) is 50.3 Å². The van der Waals surface area contributed by atoms with Gasteiger partial charge < -0.3 is 15.5 Å². The summed E-state index contributed by atoms with van der Waals surface area (Å²) in [5, 5.41) is 5.77. The minimum atomic E-state index is -0.672. The van der Waals surface area contributed by atoms with Crippen LogP contribution in [0.5, 0.6) is 0 Å². The molecule has 0 unspecified atom stereocenters. The Morgan fingerprint density at radius 3 is 2.35 bits per heavy atom. The topological polar surface area (TPSA) is 70.2 Å². The molecule has 0 fully saturated rings. The number of hydrogen-bond acceptors (Lipinski definition) is 5. The molecule has 1 amide bonds. The van der Waals surface area contributed by atoms with Crippen LogP contribution >= 0.6 is 0 Å². The van der Waals surface area contributed by atoms with E-state index in [9.17, 15) is 13.6 Å². The standard InChI is InChI=1S/C21H27F2N5O.C2H6/c1-4-28(5-2)13-7-12-24-21-25-14-16(20(27-21)26-15(3)29)10-11-17-18(22)8-6-9-19(17)23;1-2/h6,8-11,14H,4-5,7,12-13H2,1-3H3,(H2,24,25,26,27,29);1-2H3/b11-10-;. The predicted molar refractivity (Wildman–Crippen MR) is 124 cm³/mol. The van der Waals surface area contributed by atoms with E-state index in [1.165, 1.54) is 43.5 Å². The Kier molecular flexibility index (Phi) is 12.0. The molecule has 2 rings (SSSR count). The molecule has 0 spiro atoms. The number of amides is 1. The first-order valence-corrected chi connectivity index (χ1v) is 10.7.